The van der Waals surface area contributed by atoms with E-state index in [1.807, 2.05) is 30.3 Å². The molecule has 3 aromatic rings. The zero-order valence-corrected chi connectivity index (χ0v) is 22.9. The molecule has 2 atom stereocenters. The third kappa shape index (κ3) is 7.01. The lowest BCUT2D eigenvalue weighted by Crippen LogP contribution is -2.18. The van der Waals surface area contributed by atoms with Crippen molar-refractivity contribution in [2.24, 2.45) is 0 Å². The van der Waals surface area contributed by atoms with Gasteiger partial charge >= 0.3 is 11.9 Å². The Balaban J connectivity index is 1.47. The molecule has 0 saturated heterocycles. The number of alkyl halides is 1. The maximum Gasteiger partial charge on any atom is 0.338 e. The number of halogens is 1. The van der Waals surface area contributed by atoms with Crippen molar-refractivity contribution in [3.8, 4) is 0 Å². The van der Waals surface area contributed by atoms with Crippen LogP contribution in [-0.2, 0) is 25.2 Å². The van der Waals surface area contributed by atoms with Crippen molar-refractivity contribution < 1.29 is 19.1 Å². The average Bonchev–Trinajstić information content (AvgIpc) is 2.93. The molecule has 188 valence electrons. The van der Waals surface area contributed by atoms with Crippen LogP contribution in [0.25, 0.3) is 0 Å². The van der Waals surface area contributed by atoms with E-state index in [2.05, 4.69) is 64.5 Å². The molecule has 6 heteroatoms. The second kappa shape index (κ2) is 13.1. The summed E-state index contributed by atoms with van der Waals surface area (Å²) in [6.45, 7) is 1.74. The molecular weight excluding hydrogens is 536 g/mol. The zero-order valence-electron chi connectivity index (χ0n) is 20.5. The van der Waals surface area contributed by atoms with Crippen LogP contribution in [0.4, 0.5) is 0 Å². The fraction of sp³-hybridized carbons (Fsp3) is 0.333. The molecule has 0 aromatic heterocycles. The van der Waals surface area contributed by atoms with Gasteiger partial charge in [-0.1, -0.05) is 65.5 Å². The standard InChI is InChI=1S/C30H32BrO4S/c1-22(31)29(32)34-20-21-35-30(33)25-14-18-28(19-15-25)36(26-10-6-3-7-11-26)27-16-12-24(13-17-27)23-8-4-2-5-9-23/h3,6-7,10-19,22-23H,2,4-5,8-9,20-21H2,1H3/q+1. The van der Waals surface area contributed by atoms with Crippen molar-refractivity contribution in [3.05, 3.63) is 90.0 Å². The highest BCUT2D eigenvalue weighted by Crippen LogP contribution is 2.35. The van der Waals surface area contributed by atoms with Gasteiger partial charge in [0.2, 0.25) is 0 Å². The van der Waals surface area contributed by atoms with Gasteiger partial charge in [-0.2, -0.15) is 0 Å². The minimum absolute atomic E-state index is 0.0216. The Kier molecular flexibility index (Phi) is 9.65. The normalized spacial score (nSPS) is 15.6. The Bertz CT molecular complexity index is 1120. The molecule has 4 rings (SSSR count). The first-order chi connectivity index (χ1) is 17.5. The van der Waals surface area contributed by atoms with E-state index in [0.717, 1.165) is 4.90 Å². The molecule has 0 spiro atoms. The largest absolute Gasteiger partial charge is 0.461 e. The van der Waals surface area contributed by atoms with Crippen molar-refractivity contribution in [1.82, 2.24) is 0 Å². The van der Waals surface area contributed by atoms with E-state index in [-0.39, 0.29) is 34.9 Å². The van der Waals surface area contributed by atoms with E-state index in [4.69, 9.17) is 9.47 Å². The van der Waals surface area contributed by atoms with Gasteiger partial charge in [-0.15, -0.1) is 0 Å². The fourth-order valence-corrected chi connectivity index (χ4v) is 6.67. The quantitative estimate of drug-likeness (QED) is 0.118. The summed E-state index contributed by atoms with van der Waals surface area (Å²) in [7, 11) is -0.280. The fourth-order valence-electron chi connectivity index (χ4n) is 4.48. The maximum absolute atomic E-state index is 12.5. The smallest absolute Gasteiger partial charge is 0.338 e. The first-order valence-corrected chi connectivity index (χ1v) is 14.6. The summed E-state index contributed by atoms with van der Waals surface area (Å²) >= 11 is 3.15. The lowest BCUT2D eigenvalue weighted by molar-refractivity contribution is -0.143. The molecular formula is C30H32BrO4S+. The summed E-state index contributed by atoms with van der Waals surface area (Å²) in [4.78, 5) is 27.2. The van der Waals surface area contributed by atoms with Gasteiger partial charge in [0.15, 0.2) is 14.7 Å². The molecule has 0 aliphatic heterocycles. The first kappa shape index (κ1) is 26.5. The predicted molar refractivity (Wildman–Crippen MR) is 147 cm³/mol. The SMILES string of the molecule is CC(Br)C(=O)OCCOC(=O)c1ccc([S+](c2ccccc2)c2ccc(C3CCCCC3)cc2)cc1. The van der Waals surface area contributed by atoms with Crippen molar-refractivity contribution in [2.75, 3.05) is 13.2 Å². The van der Waals surface area contributed by atoms with Crippen LogP contribution in [0.1, 0.15) is 60.9 Å². The van der Waals surface area contributed by atoms with Crippen LogP contribution in [-0.4, -0.2) is 30.0 Å². The number of carbonyl (C=O) groups excluding carboxylic acids is 2. The zero-order chi connectivity index (χ0) is 25.3. The van der Waals surface area contributed by atoms with E-state index in [9.17, 15) is 9.59 Å². The van der Waals surface area contributed by atoms with Gasteiger partial charge in [0.25, 0.3) is 0 Å². The highest BCUT2D eigenvalue weighted by Gasteiger charge is 2.29. The molecule has 1 saturated carbocycles. The van der Waals surface area contributed by atoms with E-state index in [1.54, 1.807) is 6.92 Å². The summed E-state index contributed by atoms with van der Waals surface area (Å²) in [5.74, 6) is -0.126. The first-order valence-electron chi connectivity index (χ1n) is 12.5. The van der Waals surface area contributed by atoms with Gasteiger partial charge in [0.05, 0.1) is 16.5 Å². The average molecular weight is 569 g/mol. The lowest BCUT2D eigenvalue weighted by Gasteiger charge is -2.22. The van der Waals surface area contributed by atoms with Crippen LogP contribution in [0.5, 0.6) is 0 Å². The van der Waals surface area contributed by atoms with Crippen molar-refractivity contribution in [2.45, 2.75) is 64.5 Å². The summed E-state index contributed by atoms with van der Waals surface area (Å²) in [5, 5.41) is 0. The van der Waals surface area contributed by atoms with Gasteiger partial charge in [-0.25, -0.2) is 4.79 Å². The number of rotatable bonds is 9. The number of carbonyl (C=O) groups is 2. The van der Waals surface area contributed by atoms with Crippen LogP contribution in [0.15, 0.2) is 93.5 Å². The summed E-state index contributed by atoms with van der Waals surface area (Å²) in [6.07, 6.45) is 6.60. The molecule has 1 fully saturated rings. The van der Waals surface area contributed by atoms with Gasteiger partial charge in [-0.05, 0) is 79.8 Å². The molecule has 1 aliphatic rings. The second-order valence-corrected chi connectivity index (χ2v) is 12.4. The third-order valence-corrected chi connectivity index (χ3v) is 8.99. The Labute approximate surface area is 224 Å². The molecule has 0 amide bonds. The Morgan fingerprint density at radius 1 is 0.806 bits per heavy atom. The van der Waals surface area contributed by atoms with Gasteiger partial charge < -0.3 is 9.47 Å². The van der Waals surface area contributed by atoms with E-state index in [1.165, 1.54) is 47.5 Å². The van der Waals surface area contributed by atoms with Gasteiger partial charge in [0.1, 0.15) is 18.0 Å². The molecule has 0 N–H and O–H groups in total. The van der Waals surface area contributed by atoms with Gasteiger partial charge in [-0.3, -0.25) is 4.79 Å². The molecule has 3 aromatic carbocycles. The highest BCUT2D eigenvalue weighted by molar-refractivity contribution is 9.10. The summed E-state index contributed by atoms with van der Waals surface area (Å²) in [5.41, 5.74) is 1.92. The minimum Gasteiger partial charge on any atom is -0.461 e. The van der Waals surface area contributed by atoms with Crippen LogP contribution >= 0.6 is 15.9 Å². The molecule has 0 heterocycles. The number of ether oxygens (including phenoxy) is 2. The van der Waals surface area contributed by atoms with Crippen molar-refractivity contribution in [3.63, 3.8) is 0 Å². The Morgan fingerprint density at radius 3 is 1.97 bits per heavy atom. The topological polar surface area (TPSA) is 52.6 Å². The second-order valence-electron chi connectivity index (χ2n) is 8.97. The number of hydrogen-bond acceptors (Lipinski definition) is 4. The lowest BCUT2D eigenvalue weighted by atomic mass is 9.84. The maximum atomic E-state index is 12.5. The Hall–Kier alpha value is -2.57. The molecule has 0 bridgehead atoms. The summed E-state index contributed by atoms with van der Waals surface area (Å²) in [6, 6.07) is 27.3. The molecule has 4 nitrogen and oxygen atoms in total. The summed E-state index contributed by atoms with van der Waals surface area (Å²) < 4.78 is 10.3. The van der Waals surface area contributed by atoms with Crippen LogP contribution in [0.3, 0.4) is 0 Å². The molecule has 0 radical (unpaired) electrons. The highest BCUT2D eigenvalue weighted by atomic mass is 79.9. The van der Waals surface area contributed by atoms with E-state index in [0.29, 0.717) is 11.5 Å². The molecule has 1 aliphatic carbocycles. The van der Waals surface area contributed by atoms with Crippen LogP contribution < -0.4 is 0 Å². The third-order valence-electron chi connectivity index (χ3n) is 6.38. The van der Waals surface area contributed by atoms with Crippen LogP contribution in [0.2, 0.25) is 0 Å². The van der Waals surface area contributed by atoms with Crippen molar-refractivity contribution >= 4 is 38.8 Å². The minimum atomic E-state index is -0.430. The molecule has 36 heavy (non-hydrogen) atoms. The van der Waals surface area contributed by atoms with E-state index >= 15 is 0 Å². The number of hydrogen-bond donors (Lipinski definition) is 0. The number of esters is 2. The van der Waals surface area contributed by atoms with Crippen LogP contribution in [0, 0.1) is 0 Å². The predicted octanol–water partition coefficient (Wildman–Crippen LogP) is 7.31. The number of benzene rings is 3. The molecule has 2 unspecified atom stereocenters. The monoisotopic (exact) mass is 567 g/mol. The van der Waals surface area contributed by atoms with Gasteiger partial charge in [0, 0.05) is 0 Å². The Morgan fingerprint density at radius 2 is 1.36 bits per heavy atom. The van der Waals surface area contributed by atoms with E-state index < -0.39 is 5.97 Å². The van der Waals surface area contributed by atoms with Crippen molar-refractivity contribution in [1.29, 1.82) is 0 Å².